The van der Waals surface area contributed by atoms with E-state index in [1.807, 2.05) is 54.6 Å². The molecule has 4 aliphatic heterocycles. The van der Waals surface area contributed by atoms with Gasteiger partial charge in [-0.3, -0.25) is 9.47 Å². The van der Waals surface area contributed by atoms with Gasteiger partial charge < -0.3 is 20.9 Å². The van der Waals surface area contributed by atoms with Crippen molar-refractivity contribution in [1.82, 2.24) is 0 Å². The molecule has 7 rings (SSSR count). The van der Waals surface area contributed by atoms with Gasteiger partial charge in [0.1, 0.15) is 5.66 Å². The molecule has 0 aromatic heterocycles. The van der Waals surface area contributed by atoms with Gasteiger partial charge in [-0.25, -0.2) is 0 Å². The van der Waals surface area contributed by atoms with Gasteiger partial charge in [0, 0.05) is 5.56 Å². The first-order valence-electron chi connectivity index (χ1n) is 8.31. The van der Waals surface area contributed by atoms with Gasteiger partial charge >= 0.3 is 0 Å². The van der Waals surface area contributed by atoms with Crippen molar-refractivity contribution >= 4 is 0 Å². The number of nitrogens with two attached hydrogens (primary N) is 2. The molecule has 4 fully saturated rings. The Hall–Kier alpha value is -2.38. The van der Waals surface area contributed by atoms with Crippen LogP contribution in [0.4, 0.5) is 0 Å². The summed E-state index contributed by atoms with van der Waals surface area (Å²) in [6, 6.07) is 17.4. The second-order valence-electron chi connectivity index (χ2n) is 7.24. The van der Waals surface area contributed by atoms with E-state index >= 15 is 0 Å². The fourth-order valence-electron chi connectivity index (χ4n) is 4.51. The maximum Gasteiger partial charge on any atom is 0.287 e. The van der Waals surface area contributed by atoms with E-state index in [1.54, 1.807) is 0 Å². The van der Waals surface area contributed by atoms with Crippen molar-refractivity contribution in [3.05, 3.63) is 82.8 Å². The fraction of sp³-hybridized carbons (Fsp3) is 0.263. The smallest absolute Gasteiger partial charge is 0.287 e. The van der Waals surface area contributed by atoms with E-state index < -0.39 is 22.8 Å². The van der Waals surface area contributed by atoms with Gasteiger partial charge in [0.2, 0.25) is 6.10 Å². The summed E-state index contributed by atoms with van der Waals surface area (Å²) in [5.41, 5.74) is 13.7. The van der Waals surface area contributed by atoms with Gasteiger partial charge in [-0.1, -0.05) is 54.6 Å². The molecule has 0 bridgehead atoms. The van der Waals surface area contributed by atoms with Crippen LogP contribution < -0.4 is 11.5 Å². The van der Waals surface area contributed by atoms with Crippen molar-refractivity contribution < 1.29 is 18.9 Å². The Morgan fingerprint density at radius 1 is 0.920 bits per heavy atom. The van der Waals surface area contributed by atoms with Crippen LogP contribution in [0, 0.1) is 0 Å². The highest BCUT2D eigenvalue weighted by atomic mass is 17.1. The maximum absolute atomic E-state index is 6.60. The van der Waals surface area contributed by atoms with E-state index in [1.165, 1.54) is 0 Å². The molecular formula is C19H14N2O4. The minimum atomic E-state index is -1.17. The summed E-state index contributed by atoms with van der Waals surface area (Å²) in [7, 11) is 0. The minimum absolute atomic E-state index is 0.111. The van der Waals surface area contributed by atoms with Crippen LogP contribution in [0.3, 0.4) is 0 Å². The summed E-state index contributed by atoms with van der Waals surface area (Å²) >= 11 is 0. The first-order valence-corrected chi connectivity index (χ1v) is 8.31. The summed E-state index contributed by atoms with van der Waals surface area (Å²) < 4.78 is 23.5. The number of fused-ring (bicyclic) bond motifs is 2. The predicted molar refractivity (Wildman–Crippen MR) is 84.3 cm³/mol. The van der Waals surface area contributed by atoms with E-state index in [0.717, 1.165) is 28.2 Å². The highest BCUT2D eigenvalue weighted by molar-refractivity contribution is 5.64. The summed E-state index contributed by atoms with van der Waals surface area (Å²) in [4.78, 5) is 0. The number of benzene rings is 2. The Balaban J connectivity index is 1.45. The van der Waals surface area contributed by atoms with Gasteiger partial charge in [-0.15, -0.1) is 0 Å². The lowest BCUT2D eigenvalue weighted by Crippen LogP contribution is -2.48. The molecule has 2 atom stereocenters. The average Bonchev–Trinajstić information content (AvgIpc) is 3.45. The standard InChI is InChI=1S/C19H14N2O4/c20-17(21,10-6-2-1-3-7-10)12-9-5-4-8-11(12)16-14(23-16)13-15(22-13)18-19(16,24-18)25-18/h1-9,15H,20-21H2. The molecule has 0 radical (unpaired) electrons. The number of hydrogen-bond donors (Lipinski definition) is 2. The molecule has 4 heterocycles. The number of hydrogen-bond acceptors (Lipinski definition) is 6. The van der Waals surface area contributed by atoms with Crippen molar-refractivity contribution in [2.24, 2.45) is 11.5 Å². The molecule has 0 saturated carbocycles. The molecule has 124 valence electrons. The molecule has 4 N–H and O–H groups in total. The van der Waals surface area contributed by atoms with Crippen LogP contribution >= 0.6 is 0 Å². The van der Waals surface area contributed by atoms with Crippen LogP contribution in [0.2, 0.25) is 0 Å². The molecule has 5 aliphatic rings. The van der Waals surface area contributed by atoms with E-state index in [9.17, 15) is 0 Å². The Labute approximate surface area is 142 Å². The molecule has 1 aliphatic carbocycles. The van der Waals surface area contributed by atoms with Gasteiger partial charge in [0.25, 0.3) is 17.2 Å². The number of ether oxygens (including phenoxy) is 4. The Kier molecular flexibility index (Phi) is 1.71. The average molecular weight is 334 g/mol. The largest absolute Gasteiger partial charge is 0.473 e. The van der Waals surface area contributed by atoms with Crippen molar-refractivity contribution in [2.75, 3.05) is 0 Å². The second kappa shape index (κ2) is 3.32. The molecule has 0 amide bonds. The van der Waals surface area contributed by atoms with Gasteiger partial charge in [-0.05, 0) is 11.1 Å². The minimum Gasteiger partial charge on any atom is -0.473 e. The number of rotatable bonds is 3. The van der Waals surface area contributed by atoms with Gasteiger partial charge in [0.15, 0.2) is 11.5 Å². The summed E-state index contributed by atoms with van der Waals surface area (Å²) in [6.07, 6.45) is -0.111. The molecule has 6 nitrogen and oxygen atoms in total. The Bertz CT molecular complexity index is 1010. The molecule has 2 unspecified atom stereocenters. The maximum atomic E-state index is 6.60. The van der Waals surface area contributed by atoms with Gasteiger partial charge in [-0.2, -0.15) is 0 Å². The summed E-state index contributed by atoms with van der Waals surface area (Å²) in [6.45, 7) is 0. The highest BCUT2D eigenvalue weighted by Crippen LogP contribution is 2.90. The van der Waals surface area contributed by atoms with E-state index in [2.05, 4.69) is 0 Å². The van der Waals surface area contributed by atoms with E-state index in [4.69, 9.17) is 30.4 Å². The molecule has 2 aromatic rings. The van der Waals surface area contributed by atoms with Crippen molar-refractivity contribution in [3.8, 4) is 0 Å². The third kappa shape index (κ3) is 1.14. The van der Waals surface area contributed by atoms with Crippen LogP contribution in [0.5, 0.6) is 0 Å². The van der Waals surface area contributed by atoms with Crippen LogP contribution in [-0.2, 0) is 30.2 Å². The lowest BCUT2D eigenvalue weighted by atomic mass is 9.80. The molecule has 6 heteroatoms. The van der Waals surface area contributed by atoms with E-state index in [-0.39, 0.29) is 6.10 Å². The van der Waals surface area contributed by atoms with Gasteiger partial charge in [0.05, 0.1) is 0 Å². The quantitative estimate of drug-likeness (QED) is 0.644. The zero-order valence-corrected chi connectivity index (χ0v) is 13.1. The molecule has 4 saturated heterocycles. The lowest BCUT2D eigenvalue weighted by Gasteiger charge is -2.29. The summed E-state index contributed by atoms with van der Waals surface area (Å²) in [5, 5.41) is 0. The first-order chi connectivity index (χ1) is 12.1. The van der Waals surface area contributed by atoms with E-state index in [0.29, 0.717) is 0 Å². The zero-order chi connectivity index (χ0) is 16.7. The Morgan fingerprint density at radius 3 is 2.44 bits per heavy atom. The van der Waals surface area contributed by atoms with Crippen LogP contribution in [0.15, 0.2) is 66.1 Å². The predicted octanol–water partition coefficient (Wildman–Crippen LogP) is 1.11. The summed E-state index contributed by atoms with van der Waals surface area (Å²) in [5.74, 6) is 0.191. The van der Waals surface area contributed by atoms with Crippen LogP contribution in [-0.4, -0.2) is 17.7 Å². The Morgan fingerprint density at radius 2 is 1.64 bits per heavy atom. The van der Waals surface area contributed by atoms with Crippen LogP contribution in [0.1, 0.15) is 16.7 Å². The fourth-order valence-corrected chi connectivity index (χ4v) is 4.51. The van der Waals surface area contributed by atoms with Crippen molar-refractivity contribution in [3.63, 3.8) is 0 Å². The highest BCUT2D eigenvalue weighted by Gasteiger charge is 3.12. The monoisotopic (exact) mass is 334 g/mol. The first kappa shape index (κ1) is 12.9. The lowest BCUT2D eigenvalue weighted by molar-refractivity contribution is -0.130. The SMILES string of the molecule is NC(N)(c1ccccc1)c1ccccc1C12OC1=C1OC1C13OC21O3. The zero-order valence-electron chi connectivity index (χ0n) is 13.1. The van der Waals surface area contributed by atoms with Crippen molar-refractivity contribution in [1.29, 1.82) is 0 Å². The normalized spacial score (nSPS) is 40.6. The third-order valence-electron chi connectivity index (χ3n) is 5.96. The topological polar surface area (TPSA) is 102 Å². The van der Waals surface area contributed by atoms with Crippen molar-refractivity contribution in [2.45, 2.75) is 28.9 Å². The second-order valence-corrected chi connectivity index (χ2v) is 7.24. The molecule has 2 aromatic carbocycles. The third-order valence-corrected chi connectivity index (χ3v) is 5.96. The molecule has 0 spiro atoms. The van der Waals surface area contributed by atoms with Crippen LogP contribution in [0.25, 0.3) is 0 Å². The molecule has 25 heavy (non-hydrogen) atoms. The molecular weight excluding hydrogens is 320 g/mol. The number of epoxide rings is 4.